The highest BCUT2D eigenvalue weighted by atomic mass is 19.1. The van der Waals surface area contributed by atoms with Crippen molar-refractivity contribution in [2.45, 2.75) is 52.1 Å². The Morgan fingerprint density at radius 3 is 2.53 bits per heavy atom. The first-order valence-electron chi connectivity index (χ1n) is 12.1. The number of hydrogen-bond acceptors (Lipinski definition) is 6. The van der Waals surface area contributed by atoms with E-state index in [-0.39, 0.29) is 29.8 Å². The van der Waals surface area contributed by atoms with Crippen LogP contribution in [0.3, 0.4) is 0 Å². The lowest BCUT2D eigenvalue weighted by molar-refractivity contribution is -0.127. The fourth-order valence-corrected chi connectivity index (χ4v) is 4.63. The zero-order valence-corrected chi connectivity index (χ0v) is 19.9. The van der Waals surface area contributed by atoms with Crippen LogP contribution in [0.25, 0.3) is 11.5 Å². The van der Waals surface area contributed by atoms with Crippen molar-refractivity contribution in [3.63, 3.8) is 0 Å². The van der Waals surface area contributed by atoms with Crippen molar-refractivity contribution in [1.29, 1.82) is 0 Å². The molecule has 34 heavy (non-hydrogen) atoms. The van der Waals surface area contributed by atoms with Crippen LogP contribution >= 0.6 is 0 Å². The molecule has 184 valence electrons. The number of carbonyl (C=O) groups excluding carboxylic acids is 2. The number of aryl methyl sites for hydroxylation is 1. The van der Waals surface area contributed by atoms with E-state index in [9.17, 15) is 14.0 Å². The molecule has 3 heterocycles. The van der Waals surface area contributed by atoms with Crippen LogP contribution in [0.5, 0.6) is 0 Å². The number of halogens is 1. The van der Waals surface area contributed by atoms with Crippen molar-refractivity contribution in [2.75, 3.05) is 32.8 Å². The number of amides is 2. The van der Waals surface area contributed by atoms with Gasteiger partial charge in [-0.15, -0.1) is 0 Å². The number of benzene rings is 1. The Labute approximate surface area is 199 Å². The van der Waals surface area contributed by atoms with E-state index in [0.717, 1.165) is 44.5 Å². The molecule has 2 fully saturated rings. The standard InChI is InChI=1S/C25H33FN4O4/c1-3-33-25(32)30-14-10-19(11-15-30)27-23(31)18-8-12-29(13-9-18)16-22-17(2)34-24(28-22)20-6-4-5-7-21(20)26/h4-7,18-19H,3,8-16H2,1-2H3,(H,27,31). The average molecular weight is 473 g/mol. The summed E-state index contributed by atoms with van der Waals surface area (Å²) < 4.78 is 24.9. The highest BCUT2D eigenvalue weighted by Crippen LogP contribution is 2.26. The van der Waals surface area contributed by atoms with E-state index in [0.29, 0.717) is 43.5 Å². The van der Waals surface area contributed by atoms with Gasteiger partial charge in [-0.3, -0.25) is 9.69 Å². The molecule has 2 amide bonds. The second kappa shape index (κ2) is 11.0. The van der Waals surface area contributed by atoms with Gasteiger partial charge in [0.1, 0.15) is 11.6 Å². The number of carbonyl (C=O) groups is 2. The summed E-state index contributed by atoms with van der Waals surface area (Å²) >= 11 is 0. The van der Waals surface area contributed by atoms with E-state index in [1.54, 1.807) is 30.0 Å². The summed E-state index contributed by atoms with van der Waals surface area (Å²) in [6.45, 7) is 7.43. The number of oxazole rings is 1. The SMILES string of the molecule is CCOC(=O)N1CCC(NC(=O)C2CCN(Cc3nc(-c4ccccc4F)oc3C)CC2)CC1. The maximum absolute atomic E-state index is 14.1. The highest BCUT2D eigenvalue weighted by molar-refractivity contribution is 5.79. The Bertz CT molecular complexity index is 995. The molecule has 2 aromatic rings. The quantitative estimate of drug-likeness (QED) is 0.689. The molecule has 0 radical (unpaired) electrons. The maximum atomic E-state index is 14.1. The fraction of sp³-hybridized carbons (Fsp3) is 0.560. The van der Waals surface area contributed by atoms with Crippen molar-refractivity contribution < 1.29 is 23.1 Å². The number of hydrogen-bond donors (Lipinski definition) is 1. The largest absolute Gasteiger partial charge is 0.450 e. The van der Waals surface area contributed by atoms with Crippen molar-refractivity contribution >= 4 is 12.0 Å². The van der Waals surface area contributed by atoms with Crippen LogP contribution < -0.4 is 5.32 Å². The number of piperidine rings is 2. The second-order valence-electron chi connectivity index (χ2n) is 9.02. The second-order valence-corrected chi connectivity index (χ2v) is 9.02. The van der Waals surface area contributed by atoms with Gasteiger partial charge in [-0.05, 0) is 64.8 Å². The summed E-state index contributed by atoms with van der Waals surface area (Å²) in [4.78, 5) is 33.1. The molecule has 0 saturated carbocycles. The minimum atomic E-state index is -0.353. The number of nitrogens with one attached hydrogen (secondary N) is 1. The first kappa shape index (κ1) is 24.2. The van der Waals surface area contributed by atoms with E-state index >= 15 is 0 Å². The van der Waals surface area contributed by atoms with Crippen molar-refractivity contribution in [1.82, 2.24) is 20.1 Å². The van der Waals surface area contributed by atoms with Crippen LogP contribution in [0.2, 0.25) is 0 Å². The van der Waals surface area contributed by atoms with Crippen molar-refractivity contribution in [3.8, 4) is 11.5 Å². The molecular weight excluding hydrogens is 439 g/mol. The first-order chi connectivity index (χ1) is 16.4. The maximum Gasteiger partial charge on any atom is 0.409 e. The number of rotatable bonds is 6. The minimum absolute atomic E-state index is 0.00767. The fourth-order valence-electron chi connectivity index (χ4n) is 4.63. The Morgan fingerprint density at radius 1 is 1.15 bits per heavy atom. The van der Waals surface area contributed by atoms with Crippen molar-refractivity contribution in [2.24, 2.45) is 5.92 Å². The summed E-state index contributed by atoms with van der Waals surface area (Å²) in [6, 6.07) is 6.56. The van der Waals surface area contributed by atoms with Gasteiger partial charge in [0.15, 0.2) is 0 Å². The third kappa shape index (κ3) is 5.75. The molecular formula is C25H33FN4O4. The molecule has 2 aliphatic rings. The Kier molecular flexibility index (Phi) is 7.82. The lowest BCUT2D eigenvalue weighted by atomic mass is 9.94. The third-order valence-corrected chi connectivity index (χ3v) is 6.70. The molecule has 1 aromatic carbocycles. The third-order valence-electron chi connectivity index (χ3n) is 6.70. The van der Waals surface area contributed by atoms with Crippen LogP contribution in [0.1, 0.15) is 44.1 Å². The molecule has 4 rings (SSSR count). The van der Waals surface area contributed by atoms with Gasteiger partial charge in [0.2, 0.25) is 11.8 Å². The van der Waals surface area contributed by atoms with Crippen LogP contribution in [-0.2, 0) is 16.1 Å². The Morgan fingerprint density at radius 2 is 1.85 bits per heavy atom. The molecule has 8 nitrogen and oxygen atoms in total. The molecule has 0 atom stereocenters. The topological polar surface area (TPSA) is 87.9 Å². The summed E-state index contributed by atoms with van der Waals surface area (Å²) in [6.07, 6.45) is 2.79. The Hall–Kier alpha value is -2.94. The van der Waals surface area contributed by atoms with Gasteiger partial charge >= 0.3 is 6.09 Å². The summed E-state index contributed by atoms with van der Waals surface area (Å²) in [5.41, 5.74) is 1.16. The molecule has 2 saturated heterocycles. The zero-order valence-electron chi connectivity index (χ0n) is 19.9. The molecule has 0 aliphatic carbocycles. The van der Waals surface area contributed by atoms with Crippen LogP contribution in [-0.4, -0.2) is 65.6 Å². The number of nitrogens with zero attached hydrogens (tertiary/aromatic N) is 3. The smallest absolute Gasteiger partial charge is 0.409 e. The normalized spacial score (nSPS) is 18.1. The summed E-state index contributed by atoms with van der Waals surface area (Å²) in [5, 5.41) is 3.18. The number of likely N-dealkylation sites (tertiary alicyclic amines) is 2. The number of ether oxygens (including phenoxy) is 1. The Balaban J connectivity index is 1.23. The van der Waals surface area contributed by atoms with Gasteiger partial charge in [-0.1, -0.05) is 12.1 Å². The van der Waals surface area contributed by atoms with Crippen LogP contribution in [0, 0.1) is 18.7 Å². The highest BCUT2D eigenvalue weighted by Gasteiger charge is 2.30. The number of aromatic nitrogens is 1. The van der Waals surface area contributed by atoms with Crippen molar-refractivity contribution in [3.05, 3.63) is 41.5 Å². The minimum Gasteiger partial charge on any atom is -0.450 e. The van der Waals surface area contributed by atoms with Gasteiger partial charge in [0.05, 0.1) is 17.9 Å². The molecule has 0 spiro atoms. The molecule has 1 aromatic heterocycles. The van der Waals surface area contributed by atoms with Gasteiger partial charge < -0.3 is 19.4 Å². The van der Waals surface area contributed by atoms with Crippen LogP contribution in [0.15, 0.2) is 28.7 Å². The van der Waals surface area contributed by atoms with E-state index in [1.807, 2.05) is 6.92 Å². The van der Waals surface area contributed by atoms with E-state index in [1.165, 1.54) is 6.07 Å². The van der Waals surface area contributed by atoms with E-state index < -0.39 is 0 Å². The predicted molar refractivity (Wildman–Crippen MR) is 124 cm³/mol. The molecule has 0 unspecified atom stereocenters. The van der Waals surface area contributed by atoms with Gasteiger partial charge in [0, 0.05) is 31.6 Å². The molecule has 9 heteroatoms. The predicted octanol–water partition coefficient (Wildman–Crippen LogP) is 3.74. The molecule has 1 N–H and O–H groups in total. The van der Waals surface area contributed by atoms with E-state index in [2.05, 4.69) is 15.2 Å². The zero-order chi connectivity index (χ0) is 24.1. The summed E-state index contributed by atoms with van der Waals surface area (Å²) in [7, 11) is 0. The summed E-state index contributed by atoms with van der Waals surface area (Å²) in [5.74, 6) is 0.732. The lowest BCUT2D eigenvalue weighted by Gasteiger charge is -2.34. The molecule has 2 aliphatic heterocycles. The lowest BCUT2D eigenvalue weighted by Crippen LogP contribution is -2.49. The monoisotopic (exact) mass is 472 g/mol. The van der Waals surface area contributed by atoms with E-state index in [4.69, 9.17) is 9.15 Å². The van der Waals surface area contributed by atoms with Gasteiger partial charge in [-0.2, -0.15) is 0 Å². The average Bonchev–Trinajstić information content (AvgIpc) is 3.20. The molecule has 0 bridgehead atoms. The first-order valence-corrected chi connectivity index (χ1v) is 12.1. The van der Waals surface area contributed by atoms with Gasteiger partial charge in [-0.25, -0.2) is 14.2 Å². The van der Waals surface area contributed by atoms with Gasteiger partial charge in [0.25, 0.3) is 0 Å². The van der Waals surface area contributed by atoms with Crippen LogP contribution in [0.4, 0.5) is 9.18 Å².